The van der Waals surface area contributed by atoms with Crippen LogP contribution in [0, 0.1) is 11.8 Å². The summed E-state index contributed by atoms with van der Waals surface area (Å²) in [6.07, 6.45) is 8.90. The maximum atomic E-state index is 3.97. The number of nitrogens with zero attached hydrogens (tertiary/aromatic N) is 3. The third-order valence-corrected chi connectivity index (χ3v) is 3.90. The van der Waals surface area contributed by atoms with Crippen molar-refractivity contribution in [3.63, 3.8) is 0 Å². The van der Waals surface area contributed by atoms with E-state index in [-0.39, 0.29) is 0 Å². The molecule has 1 aliphatic carbocycles. The number of rotatable bonds is 5. The van der Waals surface area contributed by atoms with Gasteiger partial charge in [0.15, 0.2) is 0 Å². The number of aromatic nitrogens is 3. The van der Waals surface area contributed by atoms with Gasteiger partial charge in [-0.05, 0) is 37.6 Å². The fourth-order valence-corrected chi connectivity index (χ4v) is 2.70. The highest BCUT2D eigenvalue weighted by molar-refractivity contribution is 4.81. The third-order valence-electron chi connectivity index (χ3n) is 3.90. The summed E-state index contributed by atoms with van der Waals surface area (Å²) in [6, 6.07) is 0.717. The number of nitrogens with one attached hydrogen (secondary N) is 1. The van der Waals surface area contributed by atoms with Gasteiger partial charge in [-0.2, -0.15) is 0 Å². The van der Waals surface area contributed by atoms with E-state index < -0.39 is 0 Å². The van der Waals surface area contributed by atoms with Gasteiger partial charge in [0.2, 0.25) is 0 Å². The molecule has 1 saturated carbocycles. The first-order valence-corrected chi connectivity index (χ1v) is 6.83. The maximum Gasteiger partial charge on any atom is 0.0692 e. The van der Waals surface area contributed by atoms with E-state index in [0.29, 0.717) is 0 Å². The second-order valence-corrected chi connectivity index (χ2v) is 5.48. The fraction of sp³-hybridized carbons (Fsp3) is 0.846. The minimum atomic E-state index is 0.717. The second kappa shape index (κ2) is 6.15. The van der Waals surface area contributed by atoms with Gasteiger partial charge in [0, 0.05) is 18.8 Å². The van der Waals surface area contributed by atoms with Crippen LogP contribution in [0.1, 0.15) is 39.5 Å². The van der Waals surface area contributed by atoms with Gasteiger partial charge in [-0.15, -0.1) is 5.10 Å². The molecule has 3 unspecified atom stereocenters. The lowest BCUT2D eigenvalue weighted by Crippen LogP contribution is -2.40. The molecule has 0 bridgehead atoms. The minimum Gasteiger partial charge on any atom is -0.314 e. The van der Waals surface area contributed by atoms with E-state index in [9.17, 15) is 0 Å². The summed E-state index contributed by atoms with van der Waals surface area (Å²) in [5.41, 5.74) is 0. The van der Waals surface area contributed by atoms with Crippen molar-refractivity contribution in [3.05, 3.63) is 12.4 Å². The zero-order chi connectivity index (χ0) is 12.1. The van der Waals surface area contributed by atoms with E-state index in [2.05, 4.69) is 29.5 Å². The molecule has 96 valence electrons. The summed E-state index contributed by atoms with van der Waals surface area (Å²) in [4.78, 5) is 0. The Kier molecular flexibility index (Phi) is 4.54. The average molecular weight is 236 g/mol. The van der Waals surface area contributed by atoms with Crippen molar-refractivity contribution in [2.24, 2.45) is 11.8 Å². The number of hydrogen-bond donors (Lipinski definition) is 1. The molecule has 4 heteroatoms. The van der Waals surface area contributed by atoms with Gasteiger partial charge in [0.1, 0.15) is 0 Å². The van der Waals surface area contributed by atoms with Crippen molar-refractivity contribution in [2.75, 3.05) is 6.54 Å². The molecule has 0 amide bonds. The Morgan fingerprint density at radius 2 is 2.24 bits per heavy atom. The molecule has 0 radical (unpaired) electrons. The summed E-state index contributed by atoms with van der Waals surface area (Å²) >= 11 is 0. The summed E-state index contributed by atoms with van der Waals surface area (Å²) < 4.78 is 1.90. The molecule has 1 aromatic rings. The normalized spacial score (nSPS) is 29.4. The van der Waals surface area contributed by atoms with Gasteiger partial charge >= 0.3 is 0 Å². The first kappa shape index (κ1) is 12.6. The molecule has 1 aliphatic rings. The Balaban J connectivity index is 1.64. The predicted octanol–water partition coefficient (Wildman–Crippen LogP) is 2.08. The van der Waals surface area contributed by atoms with Crippen molar-refractivity contribution < 1.29 is 0 Å². The van der Waals surface area contributed by atoms with Crippen LogP contribution in [0.4, 0.5) is 0 Å². The van der Waals surface area contributed by atoms with Crippen LogP contribution in [-0.4, -0.2) is 27.6 Å². The van der Waals surface area contributed by atoms with E-state index in [4.69, 9.17) is 0 Å². The molecule has 17 heavy (non-hydrogen) atoms. The molecule has 0 saturated heterocycles. The Bertz CT molecular complexity index is 309. The molecule has 1 fully saturated rings. The van der Waals surface area contributed by atoms with E-state index in [1.165, 1.54) is 19.3 Å². The van der Waals surface area contributed by atoms with Gasteiger partial charge in [0.05, 0.1) is 6.20 Å². The SMILES string of the molecule is CC1CCC(C)C(NCCCn2ccnn2)C1. The van der Waals surface area contributed by atoms with Crippen LogP contribution in [0.25, 0.3) is 0 Å². The molecule has 4 nitrogen and oxygen atoms in total. The van der Waals surface area contributed by atoms with Gasteiger partial charge in [-0.25, -0.2) is 0 Å². The quantitative estimate of drug-likeness (QED) is 0.796. The van der Waals surface area contributed by atoms with Crippen LogP contribution in [0.5, 0.6) is 0 Å². The Morgan fingerprint density at radius 3 is 3.00 bits per heavy atom. The summed E-state index contributed by atoms with van der Waals surface area (Å²) in [5, 5.41) is 11.5. The van der Waals surface area contributed by atoms with E-state index in [0.717, 1.165) is 37.4 Å². The third kappa shape index (κ3) is 3.80. The first-order valence-electron chi connectivity index (χ1n) is 6.83. The van der Waals surface area contributed by atoms with E-state index in [1.54, 1.807) is 6.20 Å². The predicted molar refractivity (Wildman–Crippen MR) is 68.6 cm³/mol. The molecule has 3 atom stereocenters. The minimum absolute atomic E-state index is 0.717. The van der Waals surface area contributed by atoms with E-state index in [1.807, 2.05) is 10.9 Å². The molecule has 1 N–H and O–H groups in total. The molecular weight excluding hydrogens is 212 g/mol. The van der Waals surface area contributed by atoms with Gasteiger partial charge in [-0.3, -0.25) is 4.68 Å². The van der Waals surface area contributed by atoms with Crippen molar-refractivity contribution in [1.29, 1.82) is 0 Å². The lowest BCUT2D eigenvalue weighted by atomic mass is 9.80. The number of aryl methyl sites for hydroxylation is 1. The van der Waals surface area contributed by atoms with Crippen LogP contribution in [0.15, 0.2) is 12.4 Å². The van der Waals surface area contributed by atoms with Crippen LogP contribution in [-0.2, 0) is 6.54 Å². The highest BCUT2D eigenvalue weighted by Crippen LogP contribution is 2.28. The van der Waals surface area contributed by atoms with Crippen molar-refractivity contribution >= 4 is 0 Å². The molecule has 2 rings (SSSR count). The van der Waals surface area contributed by atoms with Crippen molar-refractivity contribution in [2.45, 2.75) is 52.1 Å². The largest absolute Gasteiger partial charge is 0.314 e. The molecule has 1 aromatic heterocycles. The zero-order valence-corrected chi connectivity index (χ0v) is 11.0. The zero-order valence-electron chi connectivity index (χ0n) is 11.0. The smallest absolute Gasteiger partial charge is 0.0692 e. The van der Waals surface area contributed by atoms with Gasteiger partial charge in [0.25, 0.3) is 0 Å². The van der Waals surface area contributed by atoms with Gasteiger partial charge < -0.3 is 5.32 Å². The summed E-state index contributed by atoms with van der Waals surface area (Å²) in [6.45, 7) is 6.79. The highest BCUT2D eigenvalue weighted by atomic mass is 15.4. The molecule has 0 aliphatic heterocycles. The fourth-order valence-electron chi connectivity index (χ4n) is 2.70. The topological polar surface area (TPSA) is 42.7 Å². The average Bonchev–Trinajstić information content (AvgIpc) is 2.82. The van der Waals surface area contributed by atoms with Crippen molar-refractivity contribution in [3.8, 4) is 0 Å². The maximum absolute atomic E-state index is 3.97. The van der Waals surface area contributed by atoms with E-state index >= 15 is 0 Å². The molecule has 1 heterocycles. The van der Waals surface area contributed by atoms with Crippen LogP contribution in [0.3, 0.4) is 0 Å². The summed E-state index contributed by atoms with van der Waals surface area (Å²) in [5.74, 6) is 1.72. The first-order chi connectivity index (χ1) is 8.25. The molecule has 0 spiro atoms. The monoisotopic (exact) mass is 236 g/mol. The second-order valence-electron chi connectivity index (χ2n) is 5.48. The Morgan fingerprint density at radius 1 is 1.35 bits per heavy atom. The Hall–Kier alpha value is -0.900. The van der Waals surface area contributed by atoms with Crippen molar-refractivity contribution in [1.82, 2.24) is 20.3 Å². The lowest BCUT2D eigenvalue weighted by Gasteiger charge is -2.33. The Labute approximate surface area is 104 Å². The van der Waals surface area contributed by atoms with Crippen LogP contribution < -0.4 is 5.32 Å². The van der Waals surface area contributed by atoms with Gasteiger partial charge in [-0.1, -0.05) is 25.5 Å². The number of hydrogen-bond acceptors (Lipinski definition) is 3. The standard InChI is InChI=1S/C13H24N4/c1-11-4-5-12(2)13(10-11)14-6-3-8-17-9-7-15-16-17/h7,9,11-14H,3-6,8,10H2,1-2H3. The summed E-state index contributed by atoms with van der Waals surface area (Å²) in [7, 11) is 0. The lowest BCUT2D eigenvalue weighted by molar-refractivity contribution is 0.227. The van der Waals surface area contributed by atoms with Crippen LogP contribution in [0.2, 0.25) is 0 Å². The molecular formula is C13H24N4. The molecule has 0 aromatic carbocycles. The van der Waals surface area contributed by atoms with Crippen LogP contribution >= 0.6 is 0 Å². The highest BCUT2D eigenvalue weighted by Gasteiger charge is 2.24.